The van der Waals surface area contributed by atoms with Gasteiger partial charge in [0, 0.05) is 34.5 Å². The third-order valence-electron chi connectivity index (χ3n) is 4.03. The molecule has 2 aromatic carbocycles. The SMILES string of the molecule is N#CCCS(=O)c1nc2c3cc[nH]c(=O)c3c3cc(F)ccc3c2[nH]1. The van der Waals surface area contributed by atoms with E-state index in [0.717, 1.165) is 0 Å². The summed E-state index contributed by atoms with van der Waals surface area (Å²) in [7, 11) is -1.46. The smallest absolute Gasteiger partial charge is 0.256 e. The number of hydrogen-bond acceptors (Lipinski definition) is 4. The van der Waals surface area contributed by atoms with Gasteiger partial charge in [0.25, 0.3) is 5.56 Å². The number of hydrogen-bond donors (Lipinski definition) is 2. The highest BCUT2D eigenvalue weighted by molar-refractivity contribution is 7.84. The predicted octanol–water partition coefficient (Wildman–Crippen LogP) is 2.72. The first-order valence-electron chi connectivity index (χ1n) is 7.48. The zero-order valence-corrected chi connectivity index (χ0v) is 13.6. The number of benzene rings is 2. The van der Waals surface area contributed by atoms with Crippen LogP contribution in [0.4, 0.5) is 4.39 Å². The fourth-order valence-electron chi connectivity index (χ4n) is 2.97. The molecule has 4 rings (SSSR count). The molecule has 0 aliphatic rings. The van der Waals surface area contributed by atoms with Crippen LogP contribution in [0.3, 0.4) is 0 Å². The Labute approximate surface area is 142 Å². The summed E-state index contributed by atoms with van der Waals surface area (Å²) in [6.07, 6.45) is 1.65. The maximum atomic E-state index is 13.8. The van der Waals surface area contributed by atoms with Crippen molar-refractivity contribution in [1.29, 1.82) is 5.26 Å². The number of pyridine rings is 1. The lowest BCUT2D eigenvalue weighted by atomic mass is 10.0. The first-order valence-corrected chi connectivity index (χ1v) is 8.79. The summed E-state index contributed by atoms with van der Waals surface area (Å²) in [5.41, 5.74) is 0.749. The van der Waals surface area contributed by atoms with Crippen LogP contribution in [0.15, 0.2) is 40.4 Å². The van der Waals surface area contributed by atoms with Crippen LogP contribution < -0.4 is 5.56 Å². The van der Waals surface area contributed by atoms with Gasteiger partial charge in [0.05, 0.1) is 33.3 Å². The van der Waals surface area contributed by atoms with E-state index in [1.807, 2.05) is 6.07 Å². The highest BCUT2D eigenvalue weighted by atomic mass is 32.2. The van der Waals surface area contributed by atoms with Gasteiger partial charge in [-0.05, 0) is 24.3 Å². The van der Waals surface area contributed by atoms with Crippen LogP contribution >= 0.6 is 0 Å². The van der Waals surface area contributed by atoms with E-state index in [9.17, 15) is 13.4 Å². The van der Waals surface area contributed by atoms with Crippen LogP contribution in [0, 0.1) is 17.1 Å². The zero-order valence-electron chi connectivity index (χ0n) is 12.8. The Bertz CT molecular complexity index is 1270. The predicted molar refractivity (Wildman–Crippen MR) is 93.2 cm³/mol. The second-order valence-corrected chi connectivity index (χ2v) is 6.99. The van der Waals surface area contributed by atoms with Crippen molar-refractivity contribution in [1.82, 2.24) is 15.0 Å². The molecule has 1 unspecified atom stereocenters. The molecule has 0 bridgehead atoms. The van der Waals surface area contributed by atoms with Crippen LogP contribution in [0.5, 0.6) is 0 Å². The Kier molecular flexibility index (Phi) is 3.58. The van der Waals surface area contributed by atoms with E-state index in [1.54, 1.807) is 12.1 Å². The van der Waals surface area contributed by atoms with Crippen molar-refractivity contribution in [3.8, 4) is 6.07 Å². The number of aromatic nitrogens is 3. The lowest BCUT2D eigenvalue weighted by molar-refractivity contribution is 0.630. The van der Waals surface area contributed by atoms with Gasteiger partial charge in [-0.2, -0.15) is 5.26 Å². The van der Waals surface area contributed by atoms with Gasteiger partial charge >= 0.3 is 0 Å². The number of H-pyrrole nitrogens is 2. The summed E-state index contributed by atoms with van der Waals surface area (Å²) >= 11 is 0. The van der Waals surface area contributed by atoms with Crippen LogP contribution in [0.25, 0.3) is 32.6 Å². The molecule has 1 atom stereocenters. The highest BCUT2D eigenvalue weighted by Gasteiger charge is 2.17. The van der Waals surface area contributed by atoms with Crippen molar-refractivity contribution < 1.29 is 8.60 Å². The number of nitrogens with zero attached hydrogens (tertiary/aromatic N) is 2. The average molecular weight is 354 g/mol. The molecule has 124 valence electrons. The van der Waals surface area contributed by atoms with E-state index in [-0.39, 0.29) is 22.9 Å². The maximum Gasteiger partial charge on any atom is 0.256 e. The number of fused-ring (bicyclic) bond motifs is 6. The van der Waals surface area contributed by atoms with Crippen molar-refractivity contribution >= 4 is 43.4 Å². The molecule has 0 saturated heterocycles. The van der Waals surface area contributed by atoms with E-state index in [4.69, 9.17) is 5.26 Å². The molecule has 0 spiro atoms. The number of nitriles is 1. The molecule has 8 heteroatoms. The van der Waals surface area contributed by atoms with E-state index in [2.05, 4.69) is 15.0 Å². The Morgan fingerprint density at radius 3 is 2.88 bits per heavy atom. The van der Waals surface area contributed by atoms with Gasteiger partial charge in [-0.15, -0.1) is 0 Å². The quantitative estimate of drug-likeness (QED) is 0.552. The summed E-state index contributed by atoms with van der Waals surface area (Å²) in [6.45, 7) is 0. The first-order chi connectivity index (χ1) is 12.1. The molecule has 2 heterocycles. The van der Waals surface area contributed by atoms with Crippen LogP contribution in [-0.4, -0.2) is 24.9 Å². The minimum atomic E-state index is -1.46. The first kappa shape index (κ1) is 15.5. The van der Waals surface area contributed by atoms with Crippen molar-refractivity contribution in [3.05, 3.63) is 46.6 Å². The summed E-state index contributed by atoms with van der Waals surface area (Å²) in [5, 5.41) is 10.9. The van der Waals surface area contributed by atoms with Gasteiger partial charge in [0.1, 0.15) is 5.82 Å². The molecule has 0 aliphatic carbocycles. The summed E-state index contributed by atoms with van der Waals surface area (Å²) in [6, 6.07) is 7.82. The van der Waals surface area contributed by atoms with Gasteiger partial charge in [-0.25, -0.2) is 9.37 Å². The molecule has 2 aromatic heterocycles. The van der Waals surface area contributed by atoms with Gasteiger partial charge in [-0.3, -0.25) is 9.00 Å². The molecule has 0 aliphatic heterocycles. The minimum absolute atomic E-state index is 0.149. The normalized spacial score (nSPS) is 12.6. The molecule has 0 amide bonds. The van der Waals surface area contributed by atoms with Crippen molar-refractivity contribution in [2.75, 3.05) is 5.75 Å². The number of imidazole rings is 1. The molecule has 6 nitrogen and oxygen atoms in total. The van der Waals surface area contributed by atoms with Crippen molar-refractivity contribution in [2.45, 2.75) is 11.6 Å². The second-order valence-electron chi connectivity index (χ2n) is 5.51. The maximum absolute atomic E-state index is 13.8. The van der Waals surface area contributed by atoms with Gasteiger partial charge < -0.3 is 9.97 Å². The van der Waals surface area contributed by atoms with E-state index in [1.165, 1.54) is 18.3 Å². The Morgan fingerprint density at radius 1 is 1.24 bits per heavy atom. The van der Waals surface area contributed by atoms with Crippen molar-refractivity contribution in [3.63, 3.8) is 0 Å². The van der Waals surface area contributed by atoms with E-state index < -0.39 is 16.6 Å². The second kappa shape index (κ2) is 5.79. The number of halogens is 1. The van der Waals surface area contributed by atoms with Crippen LogP contribution in [-0.2, 0) is 10.8 Å². The summed E-state index contributed by atoms with van der Waals surface area (Å²) in [4.78, 5) is 22.3. The standard InChI is InChI=1S/C17H11FN4O2S/c18-9-2-3-10-12(8-9)13-11(4-6-20-16(13)23)15-14(10)21-17(22-15)25(24)7-1-5-19/h2-4,6,8H,1,7H2,(H,20,23)(H,21,22). The molecular formula is C17H11FN4O2S. The molecular weight excluding hydrogens is 343 g/mol. The fraction of sp³-hybridized carbons (Fsp3) is 0.118. The Hall–Kier alpha value is -3.05. The average Bonchev–Trinajstić information content (AvgIpc) is 3.05. The third-order valence-corrected chi connectivity index (χ3v) is 5.23. The van der Waals surface area contributed by atoms with Gasteiger partial charge in [0.2, 0.25) is 0 Å². The number of aromatic amines is 2. The van der Waals surface area contributed by atoms with E-state index in [0.29, 0.717) is 32.6 Å². The Balaban J connectivity index is 2.14. The molecule has 4 aromatic rings. The molecule has 25 heavy (non-hydrogen) atoms. The lowest BCUT2D eigenvalue weighted by Gasteiger charge is -2.05. The highest BCUT2D eigenvalue weighted by Crippen LogP contribution is 2.32. The molecule has 2 N–H and O–H groups in total. The van der Waals surface area contributed by atoms with Gasteiger partial charge in [-0.1, -0.05) is 0 Å². The number of nitrogens with one attached hydrogen (secondary N) is 2. The summed E-state index contributed by atoms with van der Waals surface area (Å²) in [5.74, 6) is -0.282. The monoisotopic (exact) mass is 354 g/mol. The molecule has 0 saturated carbocycles. The van der Waals surface area contributed by atoms with E-state index >= 15 is 0 Å². The minimum Gasteiger partial charge on any atom is -0.330 e. The Morgan fingerprint density at radius 2 is 2.08 bits per heavy atom. The number of rotatable bonds is 3. The molecule has 0 fully saturated rings. The van der Waals surface area contributed by atoms with Crippen LogP contribution in [0.1, 0.15) is 6.42 Å². The van der Waals surface area contributed by atoms with Crippen LogP contribution in [0.2, 0.25) is 0 Å². The van der Waals surface area contributed by atoms with Gasteiger partial charge in [0.15, 0.2) is 5.16 Å². The lowest BCUT2D eigenvalue weighted by Crippen LogP contribution is -2.05. The van der Waals surface area contributed by atoms with Crippen molar-refractivity contribution in [2.24, 2.45) is 0 Å². The fourth-order valence-corrected chi connectivity index (χ4v) is 3.85. The zero-order chi connectivity index (χ0) is 17.6. The molecule has 0 radical (unpaired) electrons. The third kappa shape index (κ3) is 2.40. The topological polar surface area (TPSA) is 102 Å². The summed E-state index contributed by atoms with van der Waals surface area (Å²) < 4.78 is 26.1. The largest absolute Gasteiger partial charge is 0.330 e.